The van der Waals surface area contributed by atoms with Crippen molar-refractivity contribution in [1.82, 2.24) is 19.9 Å². The molecule has 0 saturated carbocycles. The van der Waals surface area contributed by atoms with E-state index in [1.54, 1.807) is 12.1 Å². The molecule has 1 aromatic heterocycles. The second-order valence-corrected chi connectivity index (χ2v) is 8.25. The van der Waals surface area contributed by atoms with Gasteiger partial charge in [0.05, 0.1) is 6.54 Å². The number of hydrogen-bond donors (Lipinski definition) is 0. The maximum atomic E-state index is 13.7. The summed E-state index contributed by atoms with van der Waals surface area (Å²) in [4.78, 5) is 9.49. The first kappa shape index (κ1) is 17.9. The molecule has 1 aromatic carbocycles. The molecule has 0 amide bonds. The van der Waals surface area contributed by atoms with Gasteiger partial charge in [-0.15, -0.1) is 0 Å². The van der Waals surface area contributed by atoms with Gasteiger partial charge in [0.1, 0.15) is 5.82 Å². The number of aromatic nitrogens is 2. The Hall–Kier alpha value is -1.44. The highest BCUT2D eigenvalue weighted by atomic mass is 32.2. The molecule has 0 radical (unpaired) electrons. The minimum Gasteiger partial charge on any atom is -0.338 e. The molecule has 2 saturated heterocycles. The van der Waals surface area contributed by atoms with Gasteiger partial charge in [0.15, 0.2) is 5.82 Å². The molecule has 26 heavy (non-hydrogen) atoms. The van der Waals surface area contributed by atoms with Crippen molar-refractivity contribution in [2.45, 2.75) is 31.8 Å². The third kappa shape index (κ3) is 4.45. The molecule has 0 atom stereocenters. The fourth-order valence-electron chi connectivity index (χ4n) is 3.81. The first-order chi connectivity index (χ1) is 12.8. The standard InChI is InChI=1S/C19H25FN4OS/c20-17-4-2-1-3-15(17)13-18-21-19(25-22-18)14-23-7-5-16(6-8-23)24-9-11-26-12-10-24/h1-4,16H,5-14H2. The summed E-state index contributed by atoms with van der Waals surface area (Å²) in [5.41, 5.74) is 0.598. The molecule has 2 aliphatic rings. The minimum absolute atomic E-state index is 0.225. The summed E-state index contributed by atoms with van der Waals surface area (Å²) < 4.78 is 19.1. The molecule has 2 aromatic rings. The first-order valence-corrected chi connectivity index (χ1v) is 10.5. The SMILES string of the molecule is Fc1ccccc1Cc1noc(CN2CCC(N3CCSCC3)CC2)n1. The highest BCUT2D eigenvalue weighted by Crippen LogP contribution is 2.21. The third-order valence-corrected chi connectivity index (χ3v) is 6.24. The summed E-state index contributed by atoms with van der Waals surface area (Å²) in [5.74, 6) is 3.49. The van der Waals surface area contributed by atoms with Crippen molar-refractivity contribution in [2.24, 2.45) is 0 Å². The van der Waals surface area contributed by atoms with E-state index >= 15 is 0 Å². The Balaban J connectivity index is 1.28. The zero-order valence-electron chi connectivity index (χ0n) is 14.9. The number of piperidine rings is 1. The summed E-state index contributed by atoms with van der Waals surface area (Å²) in [5, 5.41) is 4.02. The lowest BCUT2D eigenvalue weighted by Crippen LogP contribution is -2.47. The molecule has 7 heteroatoms. The third-order valence-electron chi connectivity index (χ3n) is 5.29. The van der Waals surface area contributed by atoms with Crippen molar-refractivity contribution in [1.29, 1.82) is 0 Å². The van der Waals surface area contributed by atoms with Crippen molar-refractivity contribution in [3.63, 3.8) is 0 Å². The number of nitrogens with zero attached hydrogens (tertiary/aromatic N) is 4. The maximum Gasteiger partial charge on any atom is 0.240 e. The molecule has 140 valence electrons. The fourth-order valence-corrected chi connectivity index (χ4v) is 4.75. The maximum absolute atomic E-state index is 13.7. The molecule has 0 spiro atoms. The summed E-state index contributed by atoms with van der Waals surface area (Å²) in [7, 11) is 0. The van der Waals surface area contributed by atoms with Crippen LogP contribution in [0.25, 0.3) is 0 Å². The van der Waals surface area contributed by atoms with Gasteiger partial charge in [-0.1, -0.05) is 23.4 Å². The lowest BCUT2D eigenvalue weighted by molar-refractivity contribution is 0.105. The Labute approximate surface area is 157 Å². The summed E-state index contributed by atoms with van der Waals surface area (Å²) in [6, 6.07) is 7.46. The largest absolute Gasteiger partial charge is 0.338 e. The van der Waals surface area contributed by atoms with Gasteiger partial charge < -0.3 is 4.52 Å². The van der Waals surface area contributed by atoms with E-state index in [1.807, 2.05) is 6.07 Å². The van der Waals surface area contributed by atoms with E-state index in [0.717, 1.165) is 19.1 Å². The van der Waals surface area contributed by atoms with Crippen molar-refractivity contribution in [3.8, 4) is 0 Å². The van der Waals surface area contributed by atoms with E-state index in [-0.39, 0.29) is 5.82 Å². The Bertz CT molecular complexity index is 711. The molecular formula is C19H25FN4OS. The Morgan fingerprint density at radius 2 is 1.88 bits per heavy atom. The number of halogens is 1. The number of rotatable bonds is 5. The van der Waals surface area contributed by atoms with Crippen molar-refractivity contribution in [2.75, 3.05) is 37.7 Å². The summed E-state index contributed by atoms with van der Waals surface area (Å²) in [6.07, 6.45) is 2.78. The predicted octanol–water partition coefficient (Wildman–Crippen LogP) is 2.81. The van der Waals surface area contributed by atoms with Crippen molar-refractivity contribution in [3.05, 3.63) is 47.4 Å². The smallest absolute Gasteiger partial charge is 0.240 e. The molecule has 0 bridgehead atoms. The second kappa shape index (κ2) is 8.50. The van der Waals surface area contributed by atoms with Crippen LogP contribution in [0, 0.1) is 5.82 Å². The Morgan fingerprint density at radius 3 is 2.65 bits per heavy atom. The van der Waals surface area contributed by atoms with Gasteiger partial charge in [-0.3, -0.25) is 9.80 Å². The molecule has 2 aliphatic heterocycles. The molecule has 0 N–H and O–H groups in total. The zero-order chi connectivity index (χ0) is 17.8. The Kier molecular flexibility index (Phi) is 5.87. The van der Waals surface area contributed by atoms with Gasteiger partial charge in [-0.2, -0.15) is 16.7 Å². The van der Waals surface area contributed by atoms with Crippen LogP contribution in [0.15, 0.2) is 28.8 Å². The van der Waals surface area contributed by atoms with Gasteiger partial charge in [-0.25, -0.2) is 4.39 Å². The summed E-state index contributed by atoms with van der Waals surface area (Å²) in [6.45, 7) is 5.29. The fraction of sp³-hybridized carbons (Fsp3) is 0.579. The zero-order valence-corrected chi connectivity index (χ0v) is 15.8. The van der Waals surface area contributed by atoms with Crippen LogP contribution < -0.4 is 0 Å². The van der Waals surface area contributed by atoms with Gasteiger partial charge in [0.25, 0.3) is 0 Å². The van der Waals surface area contributed by atoms with Gasteiger partial charge in [-0.05, 0) is 24.5 Å². The molecule has 0 aliphatic carbocycles. The molecule has 2 fully saturated rings. The lowest BCUT2D eigenvalue weighted by Gasteiger charge is -2.39. The van der Waals surface area contributed by atoms with Crippen LogP contribution in [-0.2, 0) is 13.0 Å². The van der Waals surface area contributed by atoms with Crippen molar-refractivity contribution < 1.29 is 8.91 Å². The predicted molar refractivity (Wildman–Crippen MR) is 101 cm³/mol. The molecule has 0 unspecified atom stereocenters. The van der Waals surface area contributed by atoms with Crippen molar-refractivity contribution >= 4 is 11.8 Å². The van der Waals surface area contributed by atoms with Crippen LogP contribution in [0.3, 0.4) is 0 Å². The van der Waals surface area contributed by atoms with E-state index in [4.69, 9.17) is 4.52 Å². The second-order valence-electron chi connectivity index (χ2n) is 7.03. The normalized spacial score (nSPS) is 20.5. The van der Waals surface area contributed by atoms with E-state index in [2.05, 4.69) is 31.7 Å². The minimum atomic E-state index is -0.225. The van der Waals surface area contributed by atoms with E-state index in [0.29, 0.717) is 30.2 Å². The van der Waals surface area contributed by atoms with E-state index in [1.165, 1.54) is 43.5 Å². The average Bonchev–Trinajstić information content (AvgIpc) is 3.12. The average molecular weight is 377 g/mol. The number of likely N-dealkylation sites (tertiary alicyclic amines) is 1. The molecule has 5 nitrogen and oxygen atoms in total. The highest BCUT2D eigenvalue weighted by Gasteiger charge is 2.26. The van der Waals surface area contributed by atoms with Crippen LogP contribution in [0.4, 0.5) is 4.39 Å². The van der Waals surface area contributed by atoms with E-state index < -0.39 is 0 Å². The monoisotopic (exact) mass is 376 g/mol. The number of thioether (sulfide) groups is 1. The van der Waals surface area contributed by atoms with E-state index in [9.17, 15) is 4.39 Å². The van der Waals surface area contributed by atoms with Crippen LogP contribution in [0.5, 0.6) is 0 Å². The molecule has 3 heterocycles. The van der Waals surface area contributed by atoms with Crippen LogP contribution in [0.2, 0.25) is 0 Å². The van der Waals surface area contributed by atoms with Crippen LogP contribution >= 0.6 is 11.8 Å². The molecular weight excluding hydrogens is 351 g/mol. The quantitative estimate of drug-likeness (QED) is 0.800. The highest BCUT2D eigenvalue weighted by molar-refractivity contribution is 7.99. The topological polar surface area (TPSA) is 45.4 Å². The van der Waals surface area contributed by atoms with Crippen LogP contribution in [-0.4, -0.2) is 63.7 Å². The molecule has 4 rings (SSSR count). The summed E-state index contributed by atoms with van der Waals surface area (Å²) >= 11 is 2.07. The first-order valence-electron chi connectivity index (χ1n) is 9.37. The Morgan fingerprint density at radius 1 is 1.12 bits per heavy atom. The van der Waals surface area contributed by atoms with Gasteiger partial charge in [0, 0.05) is 50.1 Å². The number of hydrogen-bond acceptors (Lipinski definition) is 6. The van der Waals surface area contributed by atoms with Crippen LogP contribution in [0.1, 0.15) is 30.1 Å². The lowest BCUT2D eigenvalue weighted by atomic mass is 10.0. The van der Waals surface area contributed by atoms with Gasteiger partial charge >= 0.3 is 0 Å². The van der Waals surface area contributed by atoms with Gasteiger partial charge in [0.2, 0.25) is 5.89 Å². The number of benzene rings is 1.